The van der Waals surface area contributed by atoms with Crippen LogP contribution < -0.4 is 19.5 Å². The zero-order chi connectivity index (χ0) is 19.8. The molecule has 7 heteroatoms. The van der Waals surface area contributed by atoms with Crippen molar-refractivity contribution >= 4 is 0 Å². The molecule has 0 amide bonds. The van der Waals surface area contributed by atoms with Gasteiger partial charge >= 0.3 is 0 Å². The molecule has 2 aromatic rings. The first-order valence-electron chi connectivity index (χ1n) is 8.59. The first-order chi connectivity index (χ1) is 13.0. The van der Waals surface area contributed by atoms with E-state index in [1.165, 1.54) is 12.1 Å². The highest BCUT2D eigenvalue weighted by atomic mass is 19.1. The van der Waals surface area contributed by atoms with Gasteiger partial charge in [-0.1, -0.05) is 0 Å². The third kappa shape index (κ3) is 6.08. The Kier molecular flexibility index (Phi) is 7.82. The molecule has 5 nitrogen and oxygen atoms in total. The highest BCUT2D eigenvalue weighted by Crippen LogP contribution is 2.38. The minimum Gasteiger partial charge on any atom is -0.493 e. The first-order valence-corrected chi connectivity index (χ1v) is 8.59. The van der Waals surface area contributed by atoms with Crippen LogP contribution >= 0.6 is 0 Å². The van der Waals surface area contributed by atoms with E-state index in [1.807, 2.05) is 12.1 Å². The van der Waals surface area contributed by atoms with Gasteiger partial charge in [-0.25, -0.2) is 8.78 Å². The second kappa shape index (κ2) is 10.1. The topological polar surface area (TPSA) is 60.0 Å². The molecule has 0 heterocycles. The maximum absolute atomic E-state index is 13.2. The van der Waals surface area contributed by atoms with Gasteiger partial charge in [-0.2, -0.15) is 0 Å². The van der Waals surface area contributed by atoms with E-state index in [0.29, 0.717) is 48.7 Å². The summed E-state index contributed by atoms with van der Waals surface area (Å²) in [6.07, 6.45) is 0.144. The summed E-state index contributed by atoms with van der Waals surface area (Å²) >= 11 is 0. The number of methoxy groups -OCH3 is 3. The first kappa shape index (κ1) is 20.9. The zero-order valence-corrected chi connectivity index (χ0v) is 15.7. The summed E-state index contributed by atoms with van der Waals surface area (Å²) < 4.78 is 42.3. The van der Waals surface area contributed by atoms with E-state index in [4.69, 9.17) is 14.2 Å². The number of aryl methyl sites for hydroxylation is 1. The van der Waals surface area contributed by atoms with Crippen LogP contribution in [0.5, 0.6) is 17.2 Å². The van der Waals surface area contributed by atoms with Crippen molar-refractivity contribution in [1.29, 1.82) is 0 Å². The molecule has 0 fully saturated rings. The largest absolute Gasteiger partial charge is 0.493 e. The molecule has 0 aliphatic rings. The van der Waals surface area contributed by atoms with E-state index in [-0.39, 0.29) is 0 Å². The van der Waals surface area contributed by atoms with Gasteiger partial charge in [0.25, 0.3) is 0 Å². The third-order valence-corrected chi connectivity index (χ3v) is 4.12. The maximum atomic E-state index is 13.2. The second-order valence-corrected chi connectivity index (χ2v) is 6.13. The summed E-state index contributed by atoms with van der Waals surface area (Å²) in [6.45, 7) is 0.830. The van der Waals surface area contributed by atoms with Crippen LogP contribution in [0, 0.1) is 11.6 Å². The summed E-state index contributed by atoms with van der Waals surface area (Å²) in [5.41, 5.74) is 1.43. The fourth-order valence-electron chi connectivity index (χ4n) is 2.81. The number of rotatable bonds is 10. The van der Waals surface area contributed by atoms with Gasteiger partial charge < -0.3 is 24.6 Å². The molecule has 2 rings (SSSR count). The molecule has 148 valence electrons. The fourth-order valence-corrected chi connectivity index (χ4v) is 2.81. The highest BCUT2D eigenvalue weighted by Gasteiger charge is 2.13. The lowest BCUT2D eigenvalue weighted by atomic mass is 10.1. The average Bonchev–Trinajstić information content (AvgIpc) is 2.64. The van der Waals surface area contributed by atoms with Gasteiger partial charge in [0.05, 0.1) is 27.4 Å². The van der Waals surface area contributed by atoms with Gasteiger partial charge in [-0.3, -0.25) is 0 Å². The summed E-state index contributed by atoms with van der Waals surface area (Å²) in [5.74, 6) is 0.413. The number of ether oxygens (including phenoxy) is 3. The fraction of sp³-hybridized carbons (Fsp3) is 0.400. The SMILES string of the molecule is COc1cc(CNCC(O)CCc2cc(F)cc(F)c2)cc(OC)c1OC. The monoisotopic (exact) mass is 381 g/mol. The zero-order valence-electron chi connectivity index (χ0n) is 15.7. The average molecular weight is 381 g/mol. The summed E-state index contributed by atoms with van der Waals surface area (Å²) in [6, 6.07) is 7.05. The smallest absolute Gasteiger partial charge is 0.203 e. The molecule has 0 bridgehead atoms. The standard InChI is InChI=1S/C20H25F2NO4/c1-25-18-8-14(9-19(26-2)20(18)27-3)11-23-12-17(24)5-4-13-6-15(21)10-16(22)7-13/h6-10,17,23-24H,4-5,11-12H2,1-3H3. The van der Waals surface area contributed by atoms with Gasteiger partial charge in [0.15, 0.2) is 11.5 Å². The molecule has 2 aromatic carbocycles. The second-order valence-electron chi connectivity index (χ2n) is 6.13. The van der Waals surface area contributed by atoms with Crippen molar-refractivity contribution < 1.29 is 28.1 Å². The molecule has 0 aliphatic carbocycles. The predicted molar refractivity (Wildman–Crippen MR) is 98.5 cm³/mol. The molecule has 0 aliphatic heterocycles. The lowest BCUT2D eigenvalue weighted by Gasteiger charge is -2.15. The Hall–Kier alpha value is -2.38. The predicted octanol–water partition coefficient (Wildman–Crippen LogP) is 3.07. The van der Waals surface area contributed by atoms with Gasteiger partial charge in [-0.15, -0.1) is 0 Å². The van der Waals surface area contributed by atoms with Crippen molar-refractivity contribution in [2.75, 3.05) is 27.9 Å². The Bertz CT molecular complexity index is 710. The lowest BCUT2D eigenvalue weighted by molar-refractivity contribution is 0.161. The van der Waals surface area contributed by atoms with E-state index in [1.54, 1.807) is 21.3 Å². The molecular formula is C20H25F2NO4. The number of hydrogen-bond acceptors (Lipinski definition) is 5. The molecule has 0 radical (unpaired) electrons. The van der Waals surface area contributed by atoms with E-state index < -0.39 is 17.7 Å². The Morgan fingerprint density at radius 2 is 1.48 bits per heavy atom. The number of halogens is 2. The van der Waals surface area contributed by atoms with Gasteiger partial charge in [0.1, 0.15) is 11.6 Å². The number of aliphatic hydroxyl groups excluding tert-OH is 1. The van der Waals surface area contributed by atoms with E-state index in [2.05, 4.69) is 5.32 Å². The third-order valence-electron chi connectivity index (χ3n) is 4.12. The number of benzene rings is 2. The summed E-state index contributed by atoms with van der Waals surface area (Å²) in [5, 5.41) is 13.2. The van der Waals surface area contributed by atoms with Crippen molar-refractivity contribution in [1.82, 2.24) is 5.32 Å². The van der Waals surface area contributed by atoms with E-state index in [9.17, 15) is 13.9 Å². The van der Waals surface area contributed by atoms with Crippen LogP contribution in [0.25, 0.3) is 0 Å². The van der Waals surface area contributed by atoms with Crippen LogP contribution in [-0.2, 0) is 13.0 Å². The Labute approximate surface area is 157 Å². The van der Waals surface area contributed by atoms with Crippen LogP contribution in [0.2, 0.25) is 0 Å². The molecule has 0 spiro atoms. The number of nitrogens with one attached hydrogen (secondary N) is 1. The Balaban J connectivity index is 1.86. The van der Waals surface area contributed by atoms with Crippen molar-refractivity contribution in [3.05, 3.63) is 53.1 Å². The Morgan fingerprint density at radius 1 is 0.889 bits per heavy atom. The molecule has 2 N–H and O–H groups in total. The molecule has 0 saturated heterocycles. The van der Waals surface area contributed by atoms with Crippen molar-refractivity contribution in [3.63, 3.8) is 0 Å². The van der Waals surface area contributed by atoms with Gasteiger partial charge in [-0.05, 0) is 48.2 Å². The molecule has 0 saturated carbocycles. The quantitative estimate of drug-likeness (QED) is 0.662. The highest BCUT2D eigenvalue weighted by molar-refractivity contribution is 5.53. The number of aliphatic hydroxyl groups is 1. The van der Waals surface area contributed by atoms with E-state index >= 15 is 0 Å². The maximum Gasteiger partial charge on any atom is 0.203 e. The van der Waals surface area contributed by atoms with Crippen LogP contribution in [-0.4, -0.2) is 39.1 Å². The Morgan fingerprint density at radius 3 is 2.00 bits per heavy atom. The van der Waals surface area contributed by atoms with Gasteiger partial charge in [0, 0.05) is 19.2 Å². The summed E-state index contributed by atoms with van der Waals surface area (Å²) in [7, 11) is 4.64. The normalized spacial score (nSPS) is 11.9. The van der Waals surface area contributed by atoms with Crippen LogP contribution in [0.4, 0.5) is 8.78 Å². The van der Waals surface area contributed by atoms with Crippen LogP contribution in [0.1, 0.15) is 17.5 Å². The minimum absolute atomic E-state index is 0.342. The summed E-state index contributed by atoms with van der Waals surface area (Å²) in [4.78, 5) is 0. The van der Waals surface area contributed by atoms with Crippen LogP contribution in [0.15, 0.2) is 30.3 Å². The van der Waals surface area contributed by atoms with Crippen LogP contribution in [0.3, 0.4) is 0 Å². The molecule has 1 unspecified atom stereocenters. The lowest BCUT2D eigenvalue weighted by Crippen LogP contribution is -2.26. The van der Waals surface area contributed by atoms with Crippen molar-refractivity contribution in [2.24, 2.45) is 0 Å². The molecular weight excluding hydrogens is 356 g/mol. The minimum atomic E-state index is -0.640. The molecule has 27 heavy (non-hydrogen) atoms. The van der Waals surface area contributed by atoms with E-state index in [0.717, 1.165) is 11.6 Å². The van der Waals surface area contributed by atoms with Crippen molar-refractivity contribution in [2.45, 2.75) is 25.5 Å². The molecule has 0 aromatic heterocycles. The van der Waals surface area contributed by atoms with Crippen molar-refractivity contribution in [3.8, 4) is 17.2 Å². The molecule has 1 atom stereocenters. The van der Waals surface area contributed by atoms with Gasteiger partial charge in [0.2, 0.25) is 5.75 Å². The number of hydrogen-bond donors (Lipinski definition) is 2.